The molecule has 134 valence electrons. The molecular weight excluding hydrogens is 304 g/mol. The molecule has 0 radical (unpaired) electrons. The molecule has 1 amide bonds. The van der Waals surface area contributed by atoms with E-state index in [2.05, 4.69) is 17.1 Å². The van der Waals surface area contributed by atoms with Crippen molar-refractivity contribution < 1.29 is 14.3 Å². The maximum absolute atomic E-state index is 12.1. The summed E-state index contributed by atoms with van der Waals surface area (Å²) >= 11 is 0. The van der Waals surface area contributed by atoms with E-state index in [1.165, 1.54) is 25.9 Å². The molecule has 1 N–H and O–H groups in total. The van der Waals surface area contributed by atoms with Crippen LogP contribution < -0.4 is 14.8 Å². The number of carbonyl (C=O) groups is 1. The molecule has 5 nitrogen and oxygen atoms in total. The Balaban J connectivity index is 1.70. The lowest BCUT2D eigenvalue weighted by molar-refractivity contribution is -0.120. The molecule has 1 heterocycles. The molecule has 0 atom stereocenters. The zero-order chi connectivity index (χ0) is 17.4. The van der Waals surface area contributed by atoms with Gasteiger partial charge in [-0.15, -0.1) is 0 Å². The number of nitrogens with zero attached hydrogens (tertiary/aromatic N) is 1. The predicted octanol–water partition coefficient (Wildman–Crippen LogP) is 2.48. The first-order valence-corrected chi connectivity index (χ1v) is 8.82. The molecule has 0 spiro atoms. The van der Waals surface area contributed by atoms with Crippen LogP contribution in [0, 0.1) is 5.92 Å². The second-order valence-electron chi connectivity index (χ2n) is 6.58. The fourth-order valence-electron chi connectivity index (χ4n) is 3.05. The summed E-state index contributed by atoms with van der Waals surface area (Å²) in [6.07, 6.45) is 3.92. The number of ether oxygens (including phenoxy) is 2. The van der Waals surface area contributed by atoms with Gasteiger partial charge in [-0.1, -0.05) is 13.0 Å². The molecule has 1 saturated heterocycles. The highest BCUT2D eigenvalue weighted by Crippen LogP contribution is 2.24. The number of amides is 1. The molecular formula is C19H30N2O3. The second-order valence-corrected chi connectivity index (χ2v) is 6.58. The van der Waals surface area contributed by atoms with E-state index in [9.17, 15) is 4.79 Å². The Labute approximate surface area is 145 Å². The van der Waals surface area contributed by atoms with E-state index in [0.717, 1.165) is 36.7 Å². The van der Waals surface area contributed by atoms with Crippen molar-refractivity contribution in [2.75, 3.05) is 40.4 Å². The largest absolute Gasteiger partial charge is 0.497 e. The lowest BCUT2D eigenvalue weighted by Crippen LogP contribution is -2.35. The smallest absolute Gasteiger partial charge is 0.224 e. The zero-order valence-corrected chi connectivity index (χ0v) is 15.1. The molecule has 0 aromatic heterocycles. The Hall–Kier alpha value is -1.75. The number of rotatable bonds is 8. The SMILES string of the molecule is COc1ccc(CC(=O)NCCCN2CCC(C)CC2)c(OC)c1. The fraction of sp³-hybridized carbons (Fsp3) is 0.632. The molecule has 1 aromatic carbocycles. The van der Waals surface area contributed by atoms with Crippen molar-refractivity contribution in [3.63, 3.8) is 0 Å². The molecule has 5 heteroatoms. The van der Waals surface area contributed by atoms with Gasteiger partial charge in [0, 0.05) is 18.2 Å². The first kappa shape index (κ1) is 18.6. The minimum absolute atomic E-state index is 0.0331. The minimum Gasteiger partial charge on any atom is -0.497 e. The number of likely N-dealkylation sites (tertiary alicyclic amines) is 1. The Morgan fingerprint density at radius 2 is 2.00 bits per heavy atom. The molecule has 0 unspecified atom stereocenters. The van der Waals surface area contributed by atoms with Gasteiger partial charge in [0.25, 0.3) is 0 Å². The van der Waals surface area contributed by atoms with Gasteiger partial charge in [-0.05, 0) is 50.9 Å². The average Bonchev–Trinajstić information content (AvgIpc) is 2.60. The molecule has 1 aromatic rings. The molecule has 0 aliphatic carbocycles. The molecule has 2 rings (SSSR count). The van der Waals surface area contributed by atoms with Crippen LogP contribution in [-0.4, -0.2) is 51.2 Å². The quantitative estimate of drug-likeness (QED) is 0.742. The topological polar surface area (TPSA) is 50.8 Å². The van der Waals surface area contributed by atoms with E-state index in [4.69, 9.17) is 9.47 Å². The van der Waals surface area contributed by atoms with E-state index < -0.39 is 0 Å². The summed E-state index contributed by atoms with van der Waals surface area (Å²) in [5, 5.41) is 3.01. The van der Waals surface area contributed by atoms with Crippen LogP contribution in [0.4, 0.5) is 0 Å². The number of benzene rings is 1. The molecule has 24 heavy (non-hydrogen) atoms. The number of hydrogen-bond acceptors (Lipinski definition) is 4. The van der Waals surface area contributed by atoms with Crippen molar-refractivity contribution in [3.05, 3.63) is 23.8 Å². The lowest BCUT2D eigenvalue weighted by atomic mass is 9.99. The van der Waals surface area contributed by atoms with Crippen LogP contribution in [0.25, 0.3) is 0 Å². The van der Waals surface area contributed by atoms with Crippen molar-refractivity contribution in [2.45, 2.75) is 32.6 Å². The number of hydrogen-bond donors (Lipinski definition) is 1. The van der Waals surface area contributed by atoms with Gasteiger partial charge in [0.05, 0.1) is 20.6 Å². The summed E-state index contributed by atoms with van der Waals surface area (Å²) in [6.45, 7) is 6.50. The summed E-state index contributed by atoms with van der Waals surface area (Å²) in [6, 6.07) is 5.54. The van der Waals surface area contributed by atoms with Gasteiger partial charge in [0.15, 0.2) is 0 Å². The second kappa shape index (κ2) is 9.52. The summed E-state index contributed by atoms with van der Waals surface area (Å²) < 4.78 is 10.5. The van der Waals surface area contributed by atoms with Gasteiger partial charge in [-0.3, -0.25) is 4.79 Å². The van der Waals surface area contributed by atoms with Crippen molar-refractivity contribution in [3.8, 4) is 11.5 Å². The van der Waals surface area contributed by atoms with Gasteiger partial charge in [0.1, 0.15) is 11.5 Å². The van der Waals surface area contributed by atoms with E-state index in [1.807, 2.05) is 12.1 Å². The van der Waals surface area contributed by atoms with Crippen molar-refractivity contribution in [2.24, 2.45) is 5.92 Å². The van der Waals surface area contributed by atoms with E-state index in [-0.39, 0.29) is 5.91 Å². The summed E-state index contributed by atoms with van der Waals surface area (Å²) in [7, 11) is 3.22. The van der Waals surface area contributed by atoms with Crippen molar-refractivity contribution >= 4 is 5.91 Å². The van der Waals surface area contributed by atoms with Crippen LogP contribution in [0.3, 0.4) is 0 Å². The minimum atomic E-state index is 0.0331. The highest BCUT2D eigenvalue weighted by molar-refractivity contribution is 5.79. The normalized spacial score (nSPS) is 16.0. The first-order chi connectivity index (χ1) is 11.6. The molecule has 0 saturated carbocycles. The number of piperidine rings is 1. The third kappa shape index (κ3) is 5.71. The average molecular weight is 334 g/mol. The van der Waals surface area contributed by atoms with Gasteiger partial charge in [-0.25, -0.2) is 0 Å². The number of methoxy groups -OCH3 is 2. The fourth-order valence-corrected chi connectivity index (χ4v) is 3.05. The maximum Gasteiger partial charge on any atom is 0.224 e. The Morgan fingerprint density at radius 3 is 2.67 bits per heavy atom. The number of nitrogens with one attached hydrogen (secondary N) is 1. The van der Waals surface area contributed by atoms with Crippen molar-refractivity contribution in [1.82, 2.24) is 10.2 Å². The lowest BCUT2D eigenvalue weighted by Gasteiger charge is -2.30. The summed E-state index contributed by atoms with van der Waals surface area (Å²) in [4.78, 5) is 14.6. The summed E-state index contributed by atoms with van der Waals surface area (Å²) in [5.74, 6) is 2.31. The van der Waals surface area contributed by atoms with Gasteiger partial charge in [0.2, 0.25) is 5.91 Å². The van der Waals surface area contributed by atoms with Crippen LogP contribution in [0.1, 0.15) is 31.7 Å². The first-order valence-electron chi connectivity index (χ1n) is 8.82. The van der Waals surface area contributed by atoms with E-state index >= 15 is 0 Å². The van der Waals surface area contributed by atoms with E-state index in [0.29, 0.717) is 12.2 Å². The molecule has 1 aliphatic heterocycles. The maximum atomic E-state index is 12.1. The van der Waals surface area contributed by atoms with Crippen LogP contribution in [0.15, 0.2) is 18.2 Å². The molecule has 1 fully saturated rings. The van der Waals surface area contributed by atoms with Gasteiger partial charge < -0.3 is 19.7 Å². The van der Waals surface area contributed by atoms with Gasteiger partial charge in [-0.2, -0.15) is 0 Å². The van der Waals surface area contributed by atoms with Crippen LogP contribution in [0.2, 0.25) is 0 Å². The number of carbonyl (C=O) groups excluding carboxylic acids is 1. The highest BCUT2D eigenvalue weighted by atomic mass is 16.5. The standard InChI is InChI=1S/C19H30N2O3/c1-15-7-11-21(12-8-15)10-4-9-20-19(22)13-16-5-6-17(23-2)14-18(16)24-3/h5-6,14-15H,4,7-13H2,1-3H3,(H,20,22). The monoisotopic (exact) mass is 334 g/mol. The van der Waals surface area contributed by atoms with Crippen LogP contribution >= 0.6 is 0 Å². The third-order valence-electron chi connectivity index (χ3n) is 4.69. The molecule has 0 bridgehead atoms. The summed E-state index contributed by atoms with van der Waals surface area (Å²) in [5.41, 5.74) is 0.876. The predicted molar refractivity (Wildman–Crippen MR) is 95.7 cm³/mol. The third-order valence-corrected chi connectivity index (χ3v) is 4.69. The Bertz CT molecular complexity index is 525. The van der Waals surface area contributed by atoms with Crippen LogP contribution in [-0.2, 0) is 11.2 Å². The van der Waals surface area contributed by atoms with Gasteiger partial charge >= 0.3 is 0 Å². The Morgan fingerprint density at radius 1 is 1.25 bits per heavy atom. The molecule has 1 aliphatic rings. The zero-order valence-electron chi connectivity index (χ0n) is 15.1. The Kier molecular flexibility index (Phi) is 7.37. The highest BCUT2D eigenvalue weighted by Gasteiger charge is 2.15. The van der Waals surface area contributed by atoms with Crippen molar-refractivity contribution in [1.29, 1.82) is 0 Å². The van der Waals surface area contributed by atoms with Crippen LogP contribution in [0.5, 0.6) is 11.5 Å². The van der Waals surface area contributed by atoms with E-state index in [1.54, 1.807) is 20.3 Å².